The van der Waals surface area contributed by atoms with E-state index < -0.39 is 213 Å². The first-order valence-corrected chi connectivity index (χ1v) is 27.9. The highest BCUT2D eigenvalue weighted by atomic mass is 16.8. The summed E-state index contributed by atoms with van der Waals surface area (Å²) in [6.45, 7) is 10.1. The first-order chi connectivity index (χ1) is 37.0. The Labute approximate surface area is 458 Å². The Bertz CT molecular complexity index is 2210. The van der Waals surface area contributed by atoms with Gasteiger partial charge in [0.15, 0.2) is 31.1 Å². The Balaban J connectivity index is 0.982. The van der Waals surface area contributed by atoms with Gasteiger partial charge in [-0.3, -0.25) is 9.59 Å². The topological polar surface area (TPSA) is 400 Å². The lowest BCUT2D eigenvalue weighted by atomic mass is 9.33. The molecule has 4 heterocycles. The van der Waals surface area contributed by atoms with Crippen molar-refractivity contribution >= 4 is 11.9 Å². The Kier molecular flexibility index (Phi) is 17.4. The van der Waals surface area contributed by atoms with Crippen molar-refractivity contribution in [2.24, 2.45) is 50.2 Å². The molecule has 28 atom stereocenters. The second-order valence-electron chi connectivity index (χ2n) is 25.9. The molecular formula is C54H86O25. The smallest absolute Gasteiger partial charge is 0.317 e. The number of aliphatic hydroxyl groups excluding tert-OH is 14. The molecule has 4 aliphatic heterocycles. The van der Waals surface area contributed by atoms with Crippen molar-refractivity contribution < 1.29 is 124 Å². The van der Waals surface area contributed by atoms with Crippen LogP contribution in [0.25, 0.3) is 0 Å². The number of hydrogen-bond donors (Lipinski definition) is 14. The average Bonchev–Trinajstić information content (AvgIpc) is 3.07. The first-order valence-electron chi connectivity index (χ1n) is 27.9. The lowest BCUT2D eigenvalue weighted by Crippen LogP contribution is -2.71. The fourth-order valence-electron chi connectivity index (χ4n) is 16.5. The number of esters is 2. The van der Waals surface area contributed by atoms with Crippen LogP contribution >= 0.6 is 0 Å². The van der Waals surface area contributed by atoms with Gasteiger partial charge in [-0.15, -0.1) is 0 Å². The number of carbonyl (C=O) groups excluding carboxylic acids is 2. The van der Waals surface area contributed by atoms with E-state index >= 15 is 4.79 Å². The number of rotatable bonds is 12. The van der Waals surface area contributed by atoms with Gasteiger partial charge in [-0.05, 0) is 97.7 Å². The van der Waals surface area contributed by atoms with E-state index in [0.717, 1.165) is 12.5 Å². The minimum absolute atomic E-state index is 0.0885. The van der Waals surface area contributed by atoms with Crippen LogP contribution in [0.1, 0.15) is 99.8 Å². The summed E-state index contributed by atoms with van der Waals surface area (Å²) in [5.41, 5.74) is -4.70. The molecule has 0 aromatic rings. The summed E-state index contributed by atoms with van der Waals surface area (Å²) in [7, 11) is 0. The molecule has 0 aromatic heterocycles. The Hall–Kier alpha value is -2.16. The van der Waals surface area contributed by atoms with E-state index in [4.69, 9.17) is 42.6 Å². The molecule has 0 radical (unpaired) electrons. The summed E-state index contributed by atoms with van der Waals surface area (Å²) in [6, 6.07) is 0. The normalized spacial score (nSPS) is 52.3. The largest absolute Gasteiger partial charge is 0.457 e. The molecule has 0 aromatic carbocycles. The average molecular weight is 1140 g/mol. The molecular weight excluding hydrogens is 1050 g/mol. The van der Waals surface area contributed by atoms with Crippen molar-refractivity contribution in [2.75, 3.05) is 33.0 Å². The number of allylic oxidation sites excluding steroid dienone is 2. The predicted molar refractivity (Wildman–Crippen MR) is 265 cm³/mol. The van der Waals surface area contributed by atoms with Gasteiger partial charge in [0.25, 0.3) is 0 Å². The van der Waals surface area contributed by atoms with Crippen LogP contribution in [0, 0.1) is 50.2 Å². The molecule has 0 spiro atoms. The number of carbonyl (C=O) groups is 2. The van der Waals surface area contributed by atoms with Gasteiger partial charge in [0.2, 0.25) is 6.29 Å². The van der Waals surface area contributed by atoms with Crippen LogP contribution in [0.15, 0.2) is 11.6 Å². The van der Waals surface area contributed by atoms with Crippen molar-refractivity contribution in [1.29, 1.82) is 0 Å². The highest BCUT2D eigenvalue weighted by molar-refractivity contribution is 5.80. The van der Waals surface area contributed by atoms with Crippen LogP contribution in [0.4, 0.5) is 0 Å². The van der Waals surface area contributed by atoms with E-state index in [1.807, 2.05) is 6.92 Å². The van der Waals surface area contributed by atoms with Gasteiger partial charge in [0.1, 0.15) is 72.6 Å². The molecule has 14 N–H and O–H groups in total. The third-order valence-electron chi connectivity index (χ3n) is 21.1. The molecule has 79 heavy (non-hydrogen) atoms. The van der Waals surface area contributed by atoms with Crippen LogP contribution in [0.3, 0.4) is 0 Å². The quantitative estimate of drug-likeness (QED) is 0.0518. The van der Waals surface area contributed by atoms with Crippen molar-refractivity contribution in [3.8, 4) is 0 Å². The van der Waals surface area contributed by atoms with Gasteiger partial charge in [0.05, 0.1) is 57.5 Å². The van der Waals surface area contributed by atoms with Gasteiger partial charge in [-0.25, -0.2) is 0 Å². The minimum atomic E-state index is -1.90. The minimum Gasteiger partial charge on any atom is -0.457 e. The van der Waals surface area contributed by atoms with Crippen LogP contribution in [-0.2, 0) is 52.2 Å². The molecule has 4 saturated carbocycles. The van der Waals surface area contributed by atoms with Gasteiger partial charge in [-0.2, -0.15) is 0 Å². The maximum Gasteiger partial charge on any atom is 0.317 e. The molecule has 0 unspecified atom stereocenters. The van der Waals surface area contributed by atoms with Crippen molar-refractivity contribution in [3.05, 3.63) is 11.6 Å². The summed E-state index contributed by atoms with van der Waals surface area (Å²) in [6.07, 6.45) is -28.5. The van der Waals surface area contributed by atoms with Crippen molar-refractivity contribution in [1.82, 2.24) is 0 Å². The summed E-state index contributed by atoms with van der Waals surface area (Å²) < 4.78 is 53.0. The van der Waals surface area contributed by atoms with E-state index in [2.05, 4.69) is 33.8 Å². The molecule has 9 aliphatic rings. The predicted octanol–water partition coefficient (Wildman–Crippen LogP) is -3.27. The lowest BCUT2D eigenvalue weighted by molar-refractivity contribution is -0.369. The second kappa shape index (κ2) is 22.4. The molecule has 4 saturated heterocycles. The monoisotopic (exact) mass is 1130 g/mol. The fraction of sp³-hybridized carbons (Fsp3) is 0.926. The van der Waals surface area contributed by atoms with Crippen LogP contribution < -0.4 is 0 Å². The Morgan fingerprint density at radius 3 is 1.89 bits per heavy atom. The second-order valence-corrected chi connectivity index (χ2v) is 25.9. The molecule has 25 nitrogen and oxygen atoms in total. The van der Waals surface area contributed by atoms with Gasteiger partial charge >= 0.3 is 11.9 Å². The Morgan fingerprint density at radius 1 is 0.620 bits per heavy atom. The summed E-state index contributed by atoms with van der Waals surface area (Å²) in [5.74, 6) is -3.07. The van der Waals surface area contributed by atoms with Crippen LogP contribution in [-0.4, -0.2) is 245 Å². The zero-order chi connectivity index (χ0) is 57.9. The SMILES string of the molecule is CC(=O)O[C@H]1[C@@H](O)[C@H](O[C@@H]2[C@@H](OC(=O)[C@]34CCC(C)(C)C[C@H]3C3=CC[C@@H]5[C@]6(C)C[C@H](O)[C@H](O[C@@H]7O[C@H](CO)[C@@H](O)[C@H](O)[C@H]7O)C(CO)(CO)[C@@H]6CC[C@@]5(C)[C@]3(C)C[C@H]4O)OC[C@H](O)[C@H]2O)O[C@@H](C)[C@@H]1O[C@@H]1OC[C@@H](O)[C@H](O)[C@H]1O. The molecule has 25 heteroatoms. The van der Waals surface area contributed by atoms with Crippen LogP contribution in [0.2, 0.25) is 0 Å². The molecule has 0 amide bonds. The van der Waals surface area contributed by atoms with E-state index in [0.29, 0.717) is 32.1 Å². The number of fused-ring (bicyclic) bond motifs is 7. The zero-order valence-electron chi connectivity index (χ0n) is 45.9. The van der Waals surface area contributed by atoms with E-state index in [-0.39, 0.29) is 30.6 Å². The number of aliphatic hydroxyl groups is 14. The standard InChI is InChI=1S/C54H86O25/c1-22-40(76-44-37(67)33(63)27(60)18-71-44)41(74-23(2)58)39(69)46(73-22)77-42-34(64)28(61)19-72-47(42)79-48(70)54-13-12-49(3,4)14-25(54)24-8-9-30-50(5)15-26(59)43(78-45-38(68)36(66)35(65)29(17-55)75-45)53(20-56,21-57)31(50)10-11-51(30,6)52(24,7)16-32(54)62/h8,22,25-47,55-57,59-69H,9-21H2,1-7H3/t22-,25-,26-,27+,28-,29+,30+,31+,32+,33-,34+,35+,36-,37+,38+,39+,40-,41-,42-,43-,44-,45-,46-,47+,50-,51+,52+,54+/m0/s1. The molecule has 9 rings (SSSR count). The van der Waals surface area contributed by atoms with Gasteiger partial charge < -0.3 is 114 Å². The van der Waals surface area contributed by atoms with Gasteiger partial charge in [-0.1, -0.05) is 46.3 Å². The third-order valence-corrected chi connectivity index (χ3v) is 21.1. The summed E-state index contributed by atoms with van der Waals surface area (Å²) in [4.78, 5) is 27.9. The summed E-state index contributed by atoms with van der Waals surface area (Å²) >= 11 is 0. The number of hydrogen-bond acceptors (Lipinski definition) is 25. The molecule has 8 fully saturated rings. The van der Waals surface area contributed by atoms with Crippen molar-refractivity contribution in [3.63, 3.8) is 0 Å². The number of ether oxygens (including phenoxy) is 9. The fourth-order valence-corrected chi connectivity index (χ4v) is 16.5. The molecule has 452 valence electrons. The van der Waals surface area contributed by atoms with Gasteiger partial charge in [0, 0.05) is 12.3 Å². The highest BCUT2D eigenvalue weighted by Crippen LogP contribution is 2.76. The van der Waals surface area contributed by atoms with Crippen LogP contribution in [0.5, 0.6) is 0 Å². The molecule has 5 aliphatic carbocycles. The first kappa shape index (κ1) is 61.4. The maximum absolute atomic E-state index is 15.4. The highest BCUT2D eigenvalue weighted by Gasteiger charge is 2.74. The maximum atomic E-state index is 15.4. The van der Waals surface area contributed by atoms with E-state index in [1.165, 1.54) is 6.92 Å². The third kappa shape index (κ3) is 9.95. The zero-order valence-corrected chi connectivity index (χ0v) is 45.9. The van der Waals surface area contributed by atoms with E-state index in [1.54, 1.807) is 0 Å². The lowest BCUT2D eigenvalue weighted by Gasteiger charge is -2.72. The molecule has 0 bridgehead atoms. The van der Waals surface area contributed by atoms with Crippen molar-refractivity contribution in [2.45, 2.75) is 229 Å². The van der Waals surface area contributed by atoms with E-state index in [9.17, 15) is 76.3 Å². The Morgan fingerprint density at radius 2 is 1.24 bits per heavy atom. The summed E-state index contributed by atoms with van der Waals surface area (Å²) in [5, 5.41) is 155.